The van der Waals surface area contributed by atoms with Crippen LogP contribution in [0, 0.1) is 0 Å². The second-order valence-electron chi connectivity index (χ2n) is 6.10. The van der Waals surface area contributed by atoms with Crippen LogP contribution in [0.4, 0.5) is 5.69 Å². The lowest BCUT2D eigenvalue weighted by molar-refractivity contribution is 0.773. The van der Waals surface area contributed by atoms with Crippen LogP contribution in [0.25, 0.3) is 16.6 Å². The second-order valence-corrected chi connectivity index (χ2v) is 6.10. The molecule has 3 rings (SSSR count). The summed E-state index contributed by atoms with van der Waals surface area (Å²) in [6, 6.07) is 13.1. The molecule has 3 aromatic rings. The highest BCUT2D eigenvalue weighted by Crippen LogP contribution is 2.18. The number of aryl methyl sites for hydroxylation is 2. The zero-order valence-electron chi connectivity index (χ0n) is 14.4. The first-order chi connectivity index (χ1) is 11.4. The van der Waals surface area contributed by atoms with Crippen molar-refractivity contribution in [3.8, 4) is 5.69 Å². The summed E-state index contributed by atoms with van der Waals surface area (Å²) in [6.45, 7) is 2.07. The predicted molar refractivity (Wildman–Crippen MR) is 98.5 cm³/mol. The highest BCUT2D eigenvalue weighted by molar-refractivity contribution is 5.82. The van der Waals surface area contributed by atoms with E-state index in [1.54, 1.807) is 13.1 Å². The molecule has 1 heterocycles. The Bertz CT molecular complexity index is 1010. The first-order valence-corrected chi connectivity index (χ1v) is 7.96. The molecule has 0 aliphatic heterocycles. The van der Waals surface area contributed by atoms with Crippen molar-refractivity contribution in [2.24, 2.45) is 7.05 Å². The molecular weight excluding hydrogens is 302 g/mol. The van der Waals surface area contributed by atoms with Gasteiger partial charge in [-0.1, -0.05) is 19.1 Å². The Morgan fingerprint density at radius 1 is 1.00 bits per heavy atom. The van der Waals surface area contributed by atoms with Gasteiger partial charge in [0.15, 0.2) is 0 Å². The number of rotatable bonds is 3. The molecule has 0 radical (unpaired) electrons. The summed E-state index contributed by atoms with van der Waals surface area (Å²) in [5.41, 5.74) is 2.71. The summed E-state index contributed by atoms with van der Waals surface area (Å²) in [5.74, 6) is 0. The normalized spacial score (nSPS) is 11.0. The molecule has 0 amide bonds. The zero-order valence-corrected chi connectivity index (χ0v) is 14.4. The average molecular weight is 323 g/mol. The third-order valence-electron chi connectivity index (χ3n) is 4.37. The smallest absolute Gasteiger partial charge is 0.335 e. The van der Waals surface area contributed by atoms with Crippen molar-refractivity contribution in [1.29, 1.82) is 0 Å². The maximum atomic E-state index is 12.9. The quantitative estimate of drug-likeness (QED) is 0.743. The van der Waals surface area contributed by atoms with Gasteiger partial charge >= 0.3 is 5.69 Å². The lowest BCUT2D eigenvalue weighted by Gasteiger charge is -2.15. The minimum Gasteiger partial charge on any atom is -0.378 e. The van der Waals surface area contributed by atoms with Crippen LogP contribution < -0.4 is 16.1 Å². The van der Waals surface area contributed by atoms with Crippen molar-refractivity contribution in [1.82, 2.24) is 9.13 Å². The van der Waals surface area contributed by atoms with E-state index in [1.807, 2.05) is 55.4 Å². The summed E-state index contributed by atoms with van der Waals surface area (Å²) < 4.78 is 2.76. The van der Waals surface area contributed by atoms with Crippen LogP contribution in [0.1, 0.15) is 12.5 Å². The molecule has 24 heavy (non-hydrogen) atoms. The Kier molecular flexibility index (Phi) is 4.01. The van der Waals surface area contributed by atoms with Crippen LogP contribution in [-0.2, 0) is 13.5 Å². The van der Waals surface area contributed by atoms with Gasteiger partial charge < -0.3 is 4.90 Å². The molecule has 0 unspecified atom stereocenters. The van der Waals surface area contributed by atoms with Crippen molar-refractivity contribution >= 4 is 16.6 Å². The largest absolute Gasteiger partial charge is 0.378 e. The molecule has 124 valence electrons. The van der Waals surface area contributed by atoms with Crippen molar-refractivity contribution in [2.45, 2.75) is 13.3 Å². The number of anilines is 1. The van der Waals surface area contributed by atoms with Crippen LogP contribution >= 0.6 is 0 Å². The summed E-state index contributed by atoms with van der Waals surface area (Å²) in [7, 11) is 5.55. The van der Waals surface area contributed by atoms with E-state index in [0.717, 1.165) is 12.1 Å². The molecule has 0 aliphatic rings. The minimum absolute atomic E-state index is 0.289. The number of aromatic nitrogens is 2. The van der Waals surface area contributed by atoms with Gasteiger partial charge in [-0.05, 0) is 42.3 Å². The van der Waals surface area contributed by atoms with E-state index in [1.165, 1.54) is 14.7 Å². The second kappa shape index (κ2) is 6.00. The third kappa shape index (κ3) is 2.52. The third-order valence-corrected chi connectivity index (χ3v) is 4.37. The molecule has 2 aromatic carbocycles. The maximum absolute atomic E-state index is 12.9. The highest BCUT2D eigenvalue weighted by atomic mass is 16.2. The van der Waals surface area contributed by atoms with Gasteiger partial charge in [-0.25, -0.2) is 9.36 Å². The fourth-order valence-corrected chi connectivity index (χ4v) is 2.83. The van der Waals surface area contributed by atoms with Crippen molar-refractivity contribution in [3.05, 3.63) is 68.9 Å². The summed E-state index contributed by atoms with van der Waals surface area (Å²) >= 11 is 0. The van der Waals surface area contributed by atoms with Crippen LogP contribution in [0.2, 0.25) is 0 Å². The number of hydrogen-bond donors (Lipinski definition) is 0. The van der Waals surface area contributed by atoms with E-state index in [9.17, 15) is 9.59 Å². The van der Waals surface area contributed by atoms with E-state index in [4.69, 9.17) is 0 Å². The molecule has 0 aliphatic carbocycles. The minimum atomic E-state index is -0.340. The van der Waals surface area contributed by atoms with Crippen molar-refractivity contribution in [3.63, 3.8) is 0 Å². The summed E-state index contributed by atoms with van der Waals surface area (Å²) in [6.07, 6.45) is 0.915. The van der Waals surface area contributed by atoms with E-state index in [0.29, 0.717) is 16.6 Å². The van der Waals surface area contributed by atoms with Crippen molar-refractivity contribution in [2.75, 3.05) is 19.0 Å². The Morgan fingerprint density at radius 2 is 1.67 bits per heavy atom. The van der Waals surface area contributed by atoms with E-state index in [2.05, 4.69) is 6.92 Å². The Hall–Kier alpha value is -2.82. The fraction of sp³-hybridized carbons (Fsp3) is 0.263. The SMILES string of the molecule is CCc1ccc(-n2c(=O)c3ccc(N(C)C)cc3n(C)c2=O)cc1. The van der Waals surface area contributed by atoms with Crippen LogP contribution in [-0.4, -0.2) is 23.2 Å². The monoisotopic (exact) mass is 323 g/mol. The Labute approximate surface area is 140 Å². The molecule has 0 atom stereocenters. The van der Waals surface area contributed by atoms with Gasteiger partial charge in [-0.3, -0.25) is 9.36 Å². The molecule has 5 heteroatoms. The number of fused-ring (bicyclic) bond motifs is 1. The molecular formula is C19H21N3O2. The van der Waals surface area contributed by atoms with Gasteiger partial charge in [0.1, 0.15) is 0 Å². The molecule has 0 fully saturated rings. The molecule has 1 aromatic heterocycles. The first-order valence-electron chi connectivity index (χ1n) is 7.96. The van der Waals surface area contributed by atoms with E-state index in [-0.39, 0.29) is 11.2 Å². The fourth-order valence-electron chi connectivity index (χ4n) is 2.83. The van der Waals surface area contributed by atoms with Crippen LogP contribution in [0.15, 0.2) is 52.1 Å². The maximum Gasteiger partial charge on any atom is 0.335 e. The molecule has 0 bridgehead atoms. The molecule has 5 nitrogen and oxygen atoms in total. The van der Waals surface area contributed by atoms with Gasteiger partial charge in [0, 0.05) is 26.8 Å². The van der Waals surface area contributed by atoms with E-state index >= 15 is 0 Å². The van der Waals surface area contributed by atoms with E-state index < -0.39 is 0 Å². The number of nitrogens with zero attached hydrogens (tertiary/aromatic N) is 3. The van der Waals surface area contributed by atoms with Gasteiger partial charge in [0.25, 0.3) is 5.56 Å². The standard InChI is InChI=1S/C19H21N3O2/c1-5-13-6-8-14(9-7-13)22-18(23)16-11-10-15(20(2)3)12-17(16)21(4)19(22)24/h6-12H,5H2,1-4H3. The van der Waals surface area contributed by atoms with Gasteiger partial charge in [-0.15, -0.1) is 0 Å². The summed E-state index contributed by atoms with van der Waals surface area (Å²) in [5, 5.41) is 0.530. The zero-order chi connectivity index (χ0) is 17.4. The van der Waals surface area contributed by atoms with Gasteiger partial charge in [0.05, 0.1) is 16.6 Å². The predicted octanol–water partition coefficient (Wildman–Crippen LogP) is 2.32. The Morgan fingerprint density at radius 3 is 2.25 bits per heavy atom. The number of benzene rings is 2. The highest BCUT2D eigenvalue weighted by Gasteiger charge is 2.13. The number of hydrogen-bond acceptors (Lipinski definition) is 3. The van der Waals surface area contributed by atoms with Crippen LogP contribution in [0.5, 0.6) is 0 Å². The molecule has 0 saturated heterocycles. The Balaban J connectivity index is 2.32. The average Bonchev–Trinajstić information content (AvgIpc) is 2.60. The van der Waals surface area contributed by atoms with Gasteiger partial charge in [0.2, 0.25) is 0 Å². The first kappa shape index (κ1) is 16.1. The molecule has 0 saturated carbocycles. The lowest BCUT2D eigenvalue weighted by atomic mass is 10.1. The lowest BCUT2D eigenvalue weighted by Crippen LogP contribution is -2.37. The summed E-state index contributed by atoms with van der Waals surface area (Å²) in [4.78, 5) is 27.6. The van der Waals surface area contributed by atoms with Crippen LogP contribution in [0.3, 0.4) is 0 Å². The molecule has 0 spiro atoms. The van der Waals surface area contributed by atoms with Gasteiger partial charge in [-0.2, -0.15) is 0 Å². The topological polar surface area (TPSA) is 47.2 Å². The van der Waals surface area contributed by atoms with Crippen molar-refractivity contribution < 1.29 is 0 Å². The molecule has 0 N–H and O–H groups in total.